The van der Waals surface area contributed by atoms with E-state index >= 15 is 0 Å². The van der Waals surface area contributed by atoms with E-state index in [9.17, 15) is 0 Å². The summed E-state index contributed by atoms with van der Waals surface area (Å²) in [4.78, 5) is 0. The highest BCUT2D eigenvalue weighted by Gasteiger charge is 2.19. The van der Waals surface area contributed by atoms with Gasteiger partial charge < -0.3 is 0 Å². The Bertz CT molecular complexity index is 306. The van der Waals surface area contributed by atoms with E-state index in [1.165, 1.54) is 5.75 Å². The third-order valence-electron chi connectivity index (χ3n) is 2.04. The third-order valence-corrected chi connectivity index (χ3v) is 3.18. The molecule has 0 spiro atoms. The largest absolute Gasteiger partial charge is 0.251 e. The highest BCUT2D eigenvalue weighted by atomic mass is 32.2. The molecule has 1 aromatic rings. The van der Waals surface area contributed by atoms with Gasteiger partial charge in [0.25, 0.3) is 0 Å². The molecule has 0 bridgehead atoms. The lowest BCUT2D eigenvalue weighted by atomic mass is 10.2. The van der Waals surface area contributed by atoms with Crippen molar-refractivity contribution in [3.63, 3.8) is 0 Å². The number of hydrogen-bond acceptors (Lipinski definition) is 3. The van der Waals surface area contributed by atoms with Crippen LogP contribution in [-0.2, 0) is 0 Å². The molecule has 1 aliphatic rings. The molecule has 2 heterocycles. The smallest absolute Gasteiger partial charge is 0.138 e. The molecule has 1 atom stereocenters. The van der Waals surface area contributed by atoms with Crippen LogP contribution in [0.4, 0.5) is 0 Å². The fourth-order valence-corrected chi connectivity index (χ4v) is 2.59. The molecule has 1 saturated heterocycles. The summed E-state index contributed by atoms with van der Waals surface area (Å²) in [6, 6.07) is 4.35. The van der Waals surface area contributed by atoms with Crippen LogP contribution in [0, 0.1) is 11.3 Å². The summed E-state index contributed by atoms with van der Waals surface area (Å²) in [5.41, 5.74) is 0.683. The Hall–Kier alpha value is -0.950. The normalized spacial score (nSPS) is 22.4. The van der Waals surface area contributed by atoms with Gasteiger partial charge >= 0.3 is 0 Å². The molecule has 2 rings (SSSR count). The number of rotatable bonds is 1. The van der Waals surface area contributed by atoms with Crippen molar-refractivity contribution in [1.29, 1.82) is 5.26 Å². The number of nitrogens with zero attached hydrogens (tertiary/aromatic N) is 3. The van der Waals surface area contributed by atoms with Crippen LogP contribution in [0.5, 0.6) is 0 Å². The molecule has 4 heteroatoms. The van der Waals surface area contributed by atoms with Gasteiger partial charge in [-0.25, -0.2) is 0 Å². The second-order valence-corrected chi connectivity index (χ2v) is 3.94. The van der Waals surface area contributed by atoms with Crippen LogP contribution in [0.3, 0.4) is 0 Å². The minimum atomic E-state index is 0.444. The molecule has 0 saturated carbocycles. The Morgan fingerprint density at radius 3 is 3.33 bits per heavy atom. The Kier molecular flexibility index (Phi) is 2.05. The zero-order chi connectivity index (χ0) is 8.39. The lowest BCUT2D eigenvalue weighted by Crippen LogP contribution is -2.11. The Morgan fingerprint density at radius 2 is 2.67 bits per heavy atom. The van der Waals surface area contributed by atoms with Crippen LogP contribution in [0.15, 0.2) is 12.3 Å². The molecule has 0 amide bonds. The predicted octanol–water partition coefficient (Wildman–Crippen LogP) is 1.43. The quantitative estimate of drug-likeness (QED) is 0.655. The van der Waals surface area contributed by atoms with Gasteiger partial charge in [0.05, 0.1) is 12.2 Å². The Balaban J connectivity index is 2.27. The molecule has 1 aliphatic heterocycles. The van der Waals surface area contributed by atoms with Crippen molar-refractivity contribution in [2.24, 2.45) is 0 Å². The molecule has 12 heavy (non-hydrogen) atoms. The van der Waals surface area contributed by atoms with Gasteiger partial charge in [0.1, 0.15) is 11.8 Å². The minimum Gasteiger partial charge on any atom is -0.251 e. The van der Waals surface area contributed by atoms with Crippen LogP contribution in [0.1, 0.15) is 18.2 Å². The van der Waals surface area contributed by atoms with Gasteiger partial charge in [-0.05, 0) is 18.2 Å². The summed E-state index contributed by atoms with van der Waals surface area (Å²) in [6.45, 7) is 0. The summed E-state index contributed by atoms with van der Waals surface area (Å²) in [5.74, 6) is 2.28. The Labute approximate surface area is 75.4 Å². The van der Waals surface area contributed by atoms with Gasteiger partial charge in [0.15, 0.2) is 0 Å². The maximum atomic E-state index is 8.75. The van der Waals surface area contributed by atoms with Gasteiger partial charge in [-0.15, -0.1) is 0 Å². The summed E-state index contributed by atoms with van der Waals surface area (Å²) < 4.78 is 1.85. The van der Waals surface area contributed by atoms with Crippen LogP contribution in [0.25, 0.3) is 0 Å². The topological polar surface area (TPSA) is 41.6 Å². The fraction of sp³-hybridized carbons (Fsp3) is 0.500. The fourth-order valence-electron chi connectivity index (χ4n) is 1.41. The van der Waals surface area contributed by atoms with Gasteiger partial charge in [-0.1, -0.05) is 0 Å². The molecular weight excluding hydrogens is 170 g/mol. The first kappa shape index (κ1) is 7.69. The van der Waals surface area contributed by atoms with Crippen molar-refractivity contribution in [1.82, 2.24) is 9.78 Å². The summed E-state index contributed by atoms with van der Waals surface area (Å²) in [6.07, 6.45) is 2.84. The molecule has 0 N–H and O–H groups in total. The third kappa shape index (κ3) is 1.21. The van der Waals surface area contributed by atoms with Gasteiger partial charge in [-0.2, -0.15) is 22.1 Å². The first-order valence-electron chi connectivity index (χ1n) is 3.93. The van der Waals surface area contributed by atoms with Gasteiger partial charge in [0, 0.05) is 5.75 Å². The first-order valence-corrected chi connectivity index (χ1v) is 5.08. The van der Waals surface area contributed by atoms with E-state index in [-0.39, 0.29) is 0 Å². The number of thioether (sulfide) groups is 1. The molecule has 0 aliphatic carbocycles. The van der Waals surface area contributed by atoms with Crippen LogP contribution >= 0.6 is 11.8 Å². The molecule has 62 valence electrons. The van der Waals surface area contributed by atoms with Crippen molar-refractivity contribution in [3.05, 3.63) is 18.0 Å². The molecule has 1 unspecified atom stereocenters. The van der Waals surface area contributed by atoms with Crippen molar-refractivity contribution >= 4 is 11.8 Å². The molecule has 0 aromatic carbocycles. The average molecular weight is 179 g/mol. The highest BCUT2D eigenvalue weighted by molar-refractivity contribution is 7.99. The first-order chi connectivity index (χ1) is 5.92. The summed E-state index contributed by atoms with van der Waals surface area (Å²) in [5, 5.41) is 12.9. The van der Waals surface area contributed by atoms with Crippen LogP contribution in [0.2, 0.25) is 0 Å². The lowest BCUT2D eigenvalue weighted by molar-refractivity contribution is 0.497. The van der Waals surface area contributed by atoms with Gasteiger partial charge in [-0.3, -0.25) is 4.68 Å². The van der Waals surface area contributed by atoms with Crippen molar-refractivity contribution in [2.75, 3.05) is 11.5 Å². The predicted molar refractivity (Wildman–Crippen MR) is 47.9 cm³/mol. The molecule has 3 nitrogen and oxygen atoms in total. The van der Waals surface area contributed by atoms with Gasteiger partial charge in [0.2, 0.25) is 0 Å². The second kappa shape index (κ2) is 3.20. The van der Waals surface area contributed by atoms with E-state index in [0.29, 0.717) is 11.7 Å². The minimum absolute atomic E-state index is 0.444. The number of aromatic nitrogens is 2. The molecule has 0 radical (unpaired) electrons. The van der Waals surface area contributed by atoms with E-state index < -0.39 is 0 Å². The summed E-state index contributed by atoms with van der Waals surface area (Å²) in [7, 11) is 0. The van der Waals surface area contributed by atoms with Crippen LogP contribution in [-0.4, -0.2) is 21.3 Å². The second-order valence-electron chi connectivity index (χ2n) is 2.79. The van der Waals surface area contributed by atoms with Crippen molar-refractivity contribution < 1.29 is 0 Å². The monoisotopic (exact) mass is 179 g/mol. The van der Waals surface area contributed by atoms with E-state index in [4.69, 9.17) is 5.26 Å². The van der Waals surface area contributed by atoms with Crippen LogP contribution < -0.4 is 0 Å². The zero-order valence-corrected chi connectivity index (χ0v) is 7.42. The highest BCUT2D eigenvalue weighted by Crippen LogP contribution is 2.27. The lowest BCUT2D eigenvalue weighted by Gasteiger charge is -2.08. The number of hydrogen-bond donors (Lipinski definition) is 0. The standard InChI is InChI=1S/C8H9N3S/c9-5-7-1-3-10-11(7)8-2-4-12-6-8/h1,3,8H,2,4,6H2. The molecule has 1 fully saturated rings. The van der Waals surface area contributed by atoms with E-state index in [1.807, 2.05) is 16.4 Å². The summed E-state index contributed by atoms with van der Waals surface area (Å²) >= 11 is 1.93. The average Bonchev–Trinajstić information content (AvgIpc) is 2.74. The maximum absolute atomic E-state index is 8.75. The molecule has 1 aromatic heterocycles. The van der Waals surface area contributed by atoms with E-state index in [0.717, 1.165) is 12.2 Å². The van der Waals surface area contributed by atoms with E-state index in [1.54, 1.807) is 12.3 Å². The SMILES string of the molecule is N#Cc1ccnn1C1CCSC1. The van der Waals surface area contributed by atoms with Crippen molar-refractivity contribution in [3.8, 4) is 6.07 Å². The number of nitriles is 1. The zero-order valence-electron chi connectivity index (χ0n) is 6.60. The molecular formula is C8H9N3S. The van der Waals surface area contributed by atoms with E-state index in [2.05, 4.69) is 11.2 Å². The van der Waals surface area contributed by atoms with Crippen molar-refractivity contribution in [2.45, 2.75) is 12.5 Å². The maximum Gasteiger partial charge on any atom is 0.138 e. The Morgan fingerprint density at radius 1 is 1.75 bits per heavy atom.